The fraction of sp³-hybridized carbons (Fsp3) is 0.510. The van der Waals surface area contributed by atoms with Crippen LogP contribution in [0.25, 0.3) is 0 Å². The van der Waals surface area contributed by atoms with Crippen molar-refractivity contribution in [3.8, 4) is 5.75 Å². The first-order valence-electron chi connectivity index (χ1n) is 23.9. The number of carbonyl (C=O) groups is 5. The Labute approximate surface area is 414 Å². The first-order valence-corrected chi connectivity index (χ1v) is 25.0. The van der Waals surface area contributed by atoms with Gasteiger partial charge in [0.25, 0.3) is 0 Å². The number of hydrogen-bond acceptors (Lipinski definition) is 15. The quantitative estimate of drug-likeness (QED) is 0.0162. The lowest BCUT2D eigenvalue weighted by molar-refractivity contribution is -0.123. The molecule has 2 aliphatic rings. The van der Waals surface area contributed by atoms with Crippen molar-refractivity contribution in [1.82, 2.24) is 36.6 Å². The minimum Gasteiger partial charge on any atom is -0.493 e. The maximum Gasteiger partial charge on any atom is 0.317 e. The number of rotatable bonds is 35. The van der Waals surface area contributed by atoms with Crippen LogP contribution in [0.5, 0.6) is 5.75 Å². The number of nitrogens with zero attached hydrogens (tertiary/aromatic N) is 3. The molecule has 0 bridgehead atoms. The highest BCUT2D eigenvalue weighted by atomic mass is 32.2. The number of aliphatic imine (C=N–C) groups is 1. The molecule has 2 saturated heterocycles. The van der Waals surface area contributed by atoms with Crippen molar-refractivity contribution in [3.63, 3.8) is 0 Å². The zero-order chi connectivity index (χ0) is 49.8. The van der Waals surface area contributed by atoms with Crippen molar-refractivity contribution in [2.45, 2.75) is 88.1 Å². The predicted octanol–water partition coefficient (Wildman–Crippen LogP) is 5.27. The molecule has 0 radical (unpaired) electrons. The van der Waals surface area contributed by atoms with Gasteiger partial charge in [0.15, 0.2) is 5.66 Å². The van der Waals surface area contributed by atoms with Gasteiger partial charge in [-0.25, -0.2) is 9.78 Å². The monoisotopic (exact) mass is 988 g/mol. The summed E-state index contributed by atoms with van der Waals surface area (Å²) in [4.78, 5) is 73.6. The van der Waals surface area contributed by atoms with Crippen LogP contribution < -0.4 is 47.3 Å². The molecule has 21 heteroatoms. The summed E-state index contributed by atoms with van der Waals surface area (Å²) in [6, 6.07) is 14.5. The molecule has 3 heterocycles. The Morgan fingerprint density at radius 1 is 0.786 bits per heavy atom. The van der Waals surface area contributed by atoms with Gasteiger partial charge in [-0.2, -0.15) is 16.7 Å². The largest absolute Gasteiger partial charge is 0.493 e. The second kappa shape index (κ2) is 30.3. The van der Waals surface area contributed by atoms with Gasteiger partial charge in [-0.1, -0.05) is 25.1 Å². The maximum atomic E-state index is 12.3. The summed E-state index contributed by atoms with van der Waals surface area (Å²) in [5, 5.41) is 23.9. The van der Waals surface area contributed by atoms with Crippen LogP contribution in [0, 0.1) is 6.92 Å². The molecule has 380 valence electrons. The molecule has 5 rings (SSSR count). The molecular weight excluding hydrogens is 919 g/mol. The lowest BCUT2D eigenvalue weighted by atomic mass is 9.96. The summed E-state index contributed by atoms with van der Waals surface area (Å²) in [7, 11) is 0. The van der Waals surface area contributed by atoms with Gasteiger partial charge < -0.3 is 61.5 Å². The molecule has 0 aliphatic carbocycles. The van der Waals surface area contributed by atoms with Gasteiger partial charge >= 0.3 is 6.03 Å². The Bertz CT molecular complexity index is 2190. The second-order valence-corrected chi connectivity index (χ2v) is 17.9. The van der Waals surface area contributed by atoms with E-state index < -0.39 is 5.66 Å². The summed E-state index contributed by atoms with van der Waals surface area (Å²) in [5.74, 6) is 1.96. The number of urea groups is 1. The topological polar surface area (TPSA) is 257 Å². The summed E-state index contributed by atoms with van der Waals surface area (Å²) >= 11 is 1.79. The van der Waals surface area contributed by atoms with Crippen LogP contribution in [0.2, 0.25) is 0 Å². The Morgan fingerprint density at radius 3 is 2.04 bits per heavy atom. The molecule has 2 aliphatic heterocycles. The van der Waals surface area contributed by atoms with Crippen molar-refractivity contribution in [2.75, 3.05) is 87.6 Å². The van der Waals surface area contributed by atoms with Crippen LogP contribution in [0.15, 0.2) is 72.4 Å². The summed E-state index contributed by atoms with van der Waals surface area (Å²) in [6.07, 6.45) is 8.85. The van der Waals surface area contributed by atoms with Crippen LogP contribution >= 0.6 is 11.8 Å². The van der Waals surface area contributed by atoms with E-state index in [1.54, 1.807) is 30.1 Å². The van der Waals surface area contributed by atoms with E-state index in [1.165, 1.54) is 6.08 Å². The lowest BCUT2D eigenvalue weighted by Gasteiger charge is -2.29. The number of aromatic nitrogens is 2. The van der Waals surface area contributed by atoms with E-state index in [-0.39, 0.29) is 53.8 Å². The number of carbonyl (C=O) groups excluding carboxylic acids is 5. The molecule has 3 aromatic rings. The third-order valence-electron chi connectivity index (χ3n) is 11.2. The van der Waals surface area contributed by atoms with Crippen LogP contribution in [-0.4, -0.2) is 135 Å². The standard InChI is InChI=1S/C49H69N11O9S/c1-4-42(61)55-36-13-7-14-37(31-36)56-46-35(2)33-54-47(59-46)57-38-15-8-16-39(32-38)69-26-12-23-53-45(64)20-9-19-44(63)52-22-11-25-67-28-30-68-29-27-66-24-10-21-51-43(62)18-6-5-17-41-49(50-3)40(34-70-41)58-48(65)60-49/h4,7-8,13-16,31-33,40-41H,1,3,5-6,9-12,17-30,34H2,2H3,(H,51,62)(H,52,63)(H,53,64)(H,55,61)(H2,58,60,65)(H2,54,56,57,59)/t40-,41-,49-/m0/s1. The highest BCUT2D eigenvalue weighted by Crippen LogP contribution is 2.42. The van der Waals surface area contributed by atoms with Crippen molar-refractivity contribution in [1.29, 1.82) is 0 Å². The molecule has 0 unspecified atom stereocenters. The summed E-state index contributed by atoms with van der Waals surface area (Å²) in [5.41, 5.74) is 2.29. The van der Waals surface area contributed by atoms with E-state index in [9.17, 15) is 24.0 Å². The molecule has 70 heavy (non-hydrogen) atoms. The van der Waals surface area contributed by atoms with Gasteiger partial charge in [0.2, 0.25) is 29.6 Å². The summed E-state index contributed by atoms with van der Waals surface area (Å²) < 4.78 is 22.6. The number of thioether (sulfide) groups is 1. The van der Waals surface area contributed by atoms with E-state index in [4.69, 9.17) is 18.9 Å². The van der Waals surface area contributed by atoms with Crippen LogP contribution in [0.1, 0.15) is 69.8 Å². The van der Waals surface area contributed by atoms with E-state index >= 15 is 0 Å². The highest BCUT2D eigenvalue weighted by Gasteiger charge is 2.55. The Balaban J connectivity index is 0.777. The molecule has 0 spiro atoms. The maximum absolute atomic E-state index is 12.3. The Morgan fingerprint density at radius 2 is 1.39 bits per heavy atom. The molecule has 6 amide bonds. The number of benzene rings is 2. The highest BCUT2D eigenvalue weighted by molar-refractivity contribution is 8.00. The third kappa shape index (κ3) is 19.2. The molecule has 2 aromatic carbocycles. The minimum absolute atomic E-state index is 0.0262. The first kappa shape index (κ1) is 54.6. The summed E-state index contributed by atoms with van der Waals surface area (Å²) in [6.45, 7) is 13.8. The van der Waals surface area contributed by atoms with Gasteiger partial charge in [0.1, 0.15) is 11.6 Å². The second-order valence-electron chi connectivity index (χ2n) is 16.6. The molecule has 1 aromatic heterocycles. The number of hydrogen-bond donors (Lipinski definition) is 8. The first-order chi connectivity index (χ1) is 34.1. The number of aryl methyl sites for hydroxylation is 1. The molecule has 2 fully saturated rings. The Hall–Kier alpha value is -6.29. The predicted molar refractivity (Wildman–Crippen MR) is 272 cm³/mol. The zero-order valence-electron chi connectivity index (χ0n) is 40.1. The lowest BCUT2D eigenvalue weighted by Crippen LogP contribution is -2.51. The normalized spacial score (nSPS) is 16.8. The van der Waals surface area contributed by atoms with Gasteiger partial charge in [-0.3, -0.25) is 24.2 Å². The molecule has 8 N–H and O–H groups in total. The van der Waals surface area contributed by atoms with Crippen LogP contribution in [-0.2, 0) is 33.4 Å². The number of amides is 6. The average Bonchev–Trinajstić information content (AvgIpc) is 3.86. The van der Waals surface area contributed by atoms with E-state index in [2.05, 4.69) is 70.8 Å². The fourth-order valence-corrected chi connectivity index (χ4v) is 9.14. The average molecular weight is 988 g/mol. The molecular formula is C49H69N11O9S. The third-order valence-corrected chi connectivity index (χ3v) is 12.7. The number of anilines is 5. The van der Waals surface area contributed by atoms with E-state index in [0.29, 0.717) is 121 Å². The van der Waals surface area contributed by atoms with Crippen molar-refractivity contribution < 1.29 is 42.9 Å². The van der Waals surface area contributed by atoms with Gasteiger partial charge in [-0.15, -0.1) is 0 Å². The van der Waals surface area contributed by atoms with Gasteiger partial charge in [0, 0.05) is 92.8 Å². The van der Waals surface area contributed by atoms with Gasteiger partial charge in [0.05, 0.1) is 44.3 Å². The van der Waals surface area contributed by atoms with E-state index in [1.807, 2.05) is 43.3 Å². The smallest absolute Gasteiger partial charge is 0.317 e. The van der Waals surface area contributed by atoms with Crippen molar-refractivity contribution >= 4 is 77.0 Å². The molecule has 0 saturated carbocycles. The van der Waals surface area contributed by atoms with Crippen LogP contribution in [0.3, 0.4) is 0 Å². The number of unbranched alkanes of at least 4 members (excludes halogenated alkanes) is 1. The Kier molecular flexibility index (Phi) is 23.7. The van der Waals surface area contributed by atoms with Gasteiger partial charge in [-0.05, 0) is 88.6 Å². The fourth-order valence-electron chi connectivity index (χ4n) is 7.49. The number of nitrogens with one attached hydrogen (secondary N) is 8. The number of ether oxygens (including phenoxy) is 4. The van der Waals surface area contributed by atoms with Crippen molar-refractivity contribution in [2.24, 2.45) is 4.99 Å². The zero-order valence-corrected chi connectivity index (χ0v) is 40.9. The number of fused-ring (bicyclic) bond motifs is 1. The SMILES string of the molecule is C=CC(=O)Nc1cccc(Nc2nc(Nc3cccc(OCCCNC(=O)CCCC(=O)NCCCOCCOCCOCCCNC(=O)CCCC[C@@H]4SC[C@@H]5NC(=O)N[C@@]54N=C)c3)ncc2C)c1. The minimum atomic E-state index is -0.641. The van der Waals surface area contributed by atoms with Crippen molar-refractivity contribution in [3.05, 3.63) is 72.9 Å². The molecule has 20 nitrogen and oxygen atoms in total. The van der Waals surface area contributed by atoms with Crippen LogP contribution in [0.4, 0.5) is 33.6 Å². The molecule has 3 atom stereocenters. The van der Waals surface area contributed by atoms with E-state index in [0.717, 1.165) is 42.0 Å².